The normalized spacial score (nSPS) is 11.3. The summed E-state index contributed by atoms with van der Waals surface area (Å²) < 4.78 is 1.53. The van der Waals surface area contributed by atoms with E-state index in [4.69, 9.17) is 0 Å². The van der Waals surface area contributed by atoms with Crippen molar-refractivity contribution in [3.8, 4) is 0 Å². The van der Waals surface area contributed by atoms with Gasteiger partial charge in [0.25, 0.3) is 5.91 Å². The Labute approximate surface area is 106 Å². The van der Waals surface area contributed by atoms with Gasteiger partial charge in [0.15, 0.2) is 0 Å². The lowest BCUT2D eigenvalue weighted by molar-refractivity contribution is -0.149. The molecule has 0 atom stereocenters. The molecule has 0 saturated carbocycles. The molecule has 0 aromatic carbocycles. The van der Waals surface area contributed by atoms with E-state index in [1.54, 1.807) is 19.3 Å². The first-order chi connectivity index (χ1) is 8.45. The fourth-order valence-electron chi connectivity index (χ4n) is 1.75. The van der Waals surface area contributed by atoms with Crippen LogP contribution < -0.4 is 5.32 Å². The van der Waals surface area contributed by atoms with Gasteiger partial charge in [0, 0.05) is 19.8 Å². The van der Waals surface area contributed by atoms with Crippen molar-refractivity contribution in [3.63, 3.8) is 0 Å². The SMILES string of the molecule is CCC(CC)(CNC(=O)c1ccn(C)n1)C(=O)O. The summed E-state index contributed by atoms with van der Waals surface area (Å²) >= 11 is 0. The van der Waals surface area contributed by atoms with Crippen LogP contribution in [0.4, 0.5) is 0 Å². The van der Waals surface area contributed by atoms with E-state index in [2.05, 4.69) is 10.4 Å². The van der Waals surface area contributed by atoms with E-state index >= 15 is 0 Å². The van der Waals surface area contributed by atoms with Crippen molar-refractivity contribution in [2.75, 3.05) is 6.54 Å². The molecule has 0 unspecified atom stereocenters. The number of hydrogen-bond acceptors (Lipinski definition) is 3. The highest BCUT2D eigenvalue weighted by molar-refractivity contribution is 5.92. The standard InChI is InChI=1S/C12H19N3O3/c1-4-12(5-2,11(17)18)8-13-10(16)9-6-7-15(3)14-9/h6-7H,4-5,8H2,1-3H3,(H,13,16)(H,17,18). The topological polar surface area (TPSA) is 84.2 Å². The first-order valence-corrected chi connectivity index (χ1v) is 5.96. The average molecular weight is 253 g/mol. The van der Waals surface area contributed by atoms with Crippen molar-refractivity contribution < 1.29 is 14.7 Å². The van der Waals surface area contributed by atoms with Gasteiger partial charge in [-0.15, -0.1) is 0 Å². The molecule has 0 bridgehead atoms. The Morgan fingerprint density at radius 2 is 2.06 bits per heavy atom. The summed E-state index contributed by atoms with van der Waals surface area (Å²) in [7, 11) is 1.72. The highest BCUT2D eigenvalue weighted by Crippen LogP contribution is 2.25. The molecule has 0 spiro atoms. The third-order valence-corrected chi connectivity index (χ3v) is 3.34. The minimum atomic E-state index is -0.898. The smallest absolute Gasteiger partial charge is 0.311 e. The molecule has 1 aromatic heterocycles. The Hall–Kier alpha value is -1.85. The molecule has 0 aliphatic rings. The second-order valence-corrected chi connectivity index (χ2v) is 4.35. The van der Waals surface area contributed by atoms with E-state index in [1.165, 1.54) is 4.68 Å². The van der Waals surface area contributed by atoms with Crippen LogP contribution in [0.1, 0.15) is 37.2 Å². The molecular formula is C12H19N3O3. The third kappa shape index (κ3) is 2.88. The van der Waals surface area contributed by atoms with Gasteiger partial charge in [-0.3, -0.25) is 14.3 Å². The van der Waals surface area contributed by atoms with Gasteiger partial charge in [-0.2, -0.15) is 5.10 Å². The molecule has 6 nitrogen and oxygen atoms in total. The van der Waals surface area contributed by atoms with Crippen LogP contribution in [0.25, 0.3) is 0 Å². The highest BCUT2D eigenvalue weighted by Gasteiger charge is 2.35. The van der Waals surface area contributed by atoms with Gasteiger partial charge in [-0.25, -0.2) is 0 Å². The first-order valence-electron chi connectivity index (χ1n) is 5.96. The Morgan fingerprint density at radius 1 is 1.44 bits per heavy atom. The van der Waals surface area contributed by atoms with Gasteiger partial charge in [0.1, 0.15) is 5.69 Å². The molecule has 6 heteroatoms. The largest absolute Gasteiger partial charge is 0.481 e. The van der Waals surface area contributed by atoms with Crippen LogP contribution in [-0.2, 0) is 11.8 Å². The predicted molar refractivity (Wildman–Crippen MR) is 66.2 cm³/mol. The van der Waals surface area contributed by atoms with E-state index in [0.29, 0.717) is 18.5 Å². The van der Waals surface area contributed by atoms with Gasteiger partial charge >= 0.3 is 5.97 Å². The summed E-state index contributed by atoms with van der Waals surface area (Å²) in [6.45, 7) is 3.74. The molecule has 1 heterocycles. The first kappa shape index (κ1) is 14.2. The molecule has 0 aliphatic heterocycles. The number of rotatable bonds is 6. The maximum absolute atomic E-state index is 11.8. The Balaban J connectivity index is 2.69. The number of aliphatic carboxylic acids is 1. The summed E-state index contributed by atoms with van der Waals surface area (Å²) in [6, 6.07) is 1.59. The Morgan fingerprint density at radius 3 is 2.44 bits per heavy atom. The number of hydrogen-bond donors (Lipinski definition) is 2. The molecule has 0 radical (unpaired) electrons. The fourth-order valence-corrected chi connectivity index (χ4v) is 1.75. The lowest BCUT2D eigenvalue weighted by Gasteiger charge is -2.26. The highest BCUT2D eigenvalue weighted by atomic mass is 16.4. The Kier molecular flexibility index (Phi) is 4.47. The van der Waals surface area contributed by atoms with Crippen LogP contribution in [0, 0.1) is 5.41 Å². The van der Waals surface area contributed by atoms with Gasteiger partial charge in [-0.1, -0.05) is 13.8 Å². The second kappa shape index (κ2) is 5.66. The molecule has 0 fully saturated rings. The summed E-state index contributed by atoms with van der Waals surface area (Å²) in [6.07, 6.45) is 2.61. The molecule has 1 aromatic rings. The maximum atomic E-state index is 11.8. The van der Waals surface area contributed by atoms with Crippen LogP contribution >= 0.6 is 0 Å². The minimum absolute atomic E-state index is 0.116. The van der Waals surface area contributed by atoms with Gasteiger partial charge in [-0.05, 0) is 18.9 Å². The number of carboxylic acids is 1. The van der Waals surface area contributed by atoms with E-state index in [-0.39, 0.29) is 12.5 Å². The van der Waals surface area contributed by atoms with Crippen LogP contribution in [0.15, 0.2) is 12.3 Å². The van der Waals surface area contributed by atoms with E-state index in [0.717, 1.165) is 0 Å². The zero-order valence-electron chi connectivity index (χ0n) is 10.9. The van der Waals surface area contributed by atoms with Crippen LogP contribution in [0.2, 0.25) is 0 Å². The maximum Gasteiger partial charge on any atom is 0.311 e. The summed E-state index contributed by atoms with van der Waals surface area (Å²) in [5.74, 6) is -1.23. The van der Waals surface area contributed by atoms with Crippen LogP contribution in [0.3, 0.4) is 0 Å². The quantitative estimate of drug-likeness (QED) is 0.793. The van der Waals surface area contributed by atoms with Crippen molar-refractivity contribution in [2.24, 2.45) is 12.5 Å². The van der Waals surface area contributed by atoms with Crippen molar-refractivity contribution in [3.05, 3.63) is 18.0 Å². The molecule has 0 aliphatic carbocycles. The summed E-state index contributed by atoms with van der Waals surface area (Å²) in [5, 5.41) is 15.8. The number of nitrogens with zero attached hydrogens (tertiary/aromatic N) is 2. The van der Waals surface area contributed by atoms with E-state index < -0.39 is 11.4 Å². The van der Waals surface area contributed by atoms with Crippen molar-refractivity contribution >= 4 is 11.9 Å². The number of aromatic nitrogens is 2. The lowest BCUT2D eigenvalue weighted by Crippen LogP contribution is -2.42. The number of carbonyl (C=O) groups is 2. The van der Waals surface area contributed by atoms with Crippen LogP contribution in [-0.4, -0.2) is 33.3 Å². The van der Waals surface area contributed by atoms with E-state index in [9.17, 15) is 14.7 Å². The molecule has 18 heavy (non-hydrogen) atoms. The fraction of sp³-hybridized carbons (Fsp3) is 0.583. The predicted octanol–water partition coefficient (Wildman–Crippen LogP) is 1.04. The van der Waals surface area contributed by atoms with Crippen LogP contribution in [0.5, 0.6) is 0 Å². The van der Waals surface area contributed by atoms with Gasteiger partial charge < -0.3 is 10.4 Å². The zero-order valence-corrected chi connectivity index (χ0v) is 10.9. The van der Waals surface area contributed by atoms with Crippen molar-refractivity contribution in [1.82, 2.24) is 15.1 Å². The summed E-state index contributed by atoms with van der Waals surface area (Å²) in [5.41, 5.74) is -0.603. The average Bonchev–Trinajstić information content (AvgIpc) is 2.77. The molecule has 2 N–H and O–H groups in total. The number of carbonyl (C=O) groups excluding carboxylic acids is 1. The van der Waals surface area contributed by atoms with Crippen molar-refractivity contribution in [1.29, 1.82) is 0 Å². The molecule has 100 valence electrons. The number of aryl methyl sites for hydroxylation is 1. The number of carboxylic acid groups (broad SMARTS) is 1. The lowest BCUT2D eigenvalue weighted by atomic mass is 9.82. The van der Waals surface area contributed by atoms with E-state index in [1.807, 2.05) is 13.8 Å². The summed E-state index contributed by atoms with van der Waals surface area (Å²) in [4.78, 5) is 23.0. The van der Waals surface area contributed by atoms with Gasteiger partial charge in [0.2, 0.25) is 0 Å². The zero-order chi connectivity index (χ0) is 13.8. The minimum Gasteiger partial charge on any atom is -0.481 e. The molecular weight excluding hydrogens is 234 g/mol. The third-order valence-electron chi connectivity index (χ3n) is 3.34. The van der Waals surface area contributed by atoms with Gasteiger partial charge in [0.05, 0.1) is 5.41 Å². The number of nitrogens with one attached hydrogen (secondary N) is 1. The molecule has 0 saturated heterocycles. The monoisotopic (exact) mass is 253 g/mol. The second-order valence-electron chi connectivity index (χ2n) is 4.35. The number of amides is 1. The molecule has 1 rings (SSSR count). The molecule has 1 amide bonds. The van der Waals surface area contributed by atoms with Crippen molar-refractivity contribution in [2.45, 2.75) is 26.7 Å². The Bertz CT molecular complexity index is 436.